The van der Waals surface area contributed by atoms with Crippen LogP contribution in [0.15, 0.2) is 123 Å². The summed E-state index contributed by atoms with van der Waals surface area (Å²) >= 11 is 0. The van der Waals surface area contributed by atoms with Gasteiger partial charge in [-0.2, -0.15) is 18.3 Å². The van der Waals surface area contributed by atoms with E-state index in [9.17, 15) is 0 Å². The van der Waals surface area contributed by atoms with Crippen molar-refractivity contribution >= 4 is 0 Å². The van der Waals surface area contributed by atoms with Gasteiger partial charge in [0, 0.05) is 68.2 Å². The minimum absolute atomic E-state index is 0. The summed E-state index contributed by atoms with van der Waals surface area (Å²) in [4.78, 5) is 17.3. The SMILES string of the molecule is CC1c2cc3c4c(C[n+]5ccncc5)c2OCOc2c1cc1c(c2C[n+]2ccncc2)OCOc2c(cc5c(c2C[n+]2ccncc2)OCOc2c(cc(c(c2C[n+]2ccncc2)OCO4)C3C)C5C)C1C.[Br-].[Br-].[Br-].[Br-]. The van der Waals surface area contributed by atoms with Crippen molar-refractivity contribution in [2.24, 2.45) is 0 Å². The Morgan fingerprint density at radius 2 is 0.461 bits per heavy atom. The maximum absolute atomic E-state index is 6.90. The third kappa shape index (κ3) is 9.48. The van der Waals surface area contributed by atoms with Crippen molar-refractivity contribution in [3.8, 4) is 46.0 Å². The van der Waals surface area contributed by atoms with Gasteiger partial charge < -0.3 is 106 Å². The normalized spacial score (nSPS) is 17.6. The molecule has 13 rings (SSSR count). The number of hydrogen-bond donors (Lipinski definition) is 0. The van der Waals surface area contributed by atoms with Crippen LogP contribution in [-0.4, -0.2) is 47.1 Å². The molecule has 0 saturated heterocycles. The summed E-state index contributed by atoms with van der Waals surface area (Å²) in [6.45, 7) is 10.4. The van der Waals surface area contributed by atoms with E-state index in [0.717, 1.165) is 66.8 Å². The molecule has 0 spiro atoms. The highest BCUT2D eigenvalue weighted by atomic mass is 79.9. The summed E-state index contributed by atoms with van der Waals surface area (Å²) in [5, 5.41) is 0. The van der Waals surface area contributed by atoms with Crippen LogP contribution in [0.5, 0.6) is 46.0 Å². The fourth-order valence-corrected chi connectivity index (χ4v) is 11.3. The highest BCUT2D eigenvalue weighted by Crippen LogP contribution is 2.56. The molecule has 8 heterocycles. The van der Waals surface area contributed by atoms with Crippen molar-refractivity contribution in [3.63, 3.8) is 0 Å². The zero-order valence-corrected chi connectivity index (χ0v) is 48.2. The molecule has 0 unspecified atom stereocenters. The number of hydrogen-bond acceptors (Lipinski definition) is 12. The second-order valence-electron chi connectivity index (χ2n) is 19.0. The van der Waals surface area contributed by atoms with Gasteiger partial charge in [-0.1, -0.05) is 27.7 Å². The molecule has 76 heavy (non-hydrogen) atoms. The van der Waals surface area contributed by atoms with Crippen molar-refractivity contribution in [2.45, 2.75) is 77.5 Å². The molecule has 16 nitrogen and oxygen atoms in total. The Balaban J connectivity index is 0.00000176. The molecule has 1 aliphatic carbocycles. The molecule has 0 atom stereocenters. The second-order valence-corrected chi connectivity index (χ2v) is 19.0. The molecular formula is C56H52Br4N8O8. The van der Waals surface area contributed by atoms with Crippen molar-refractivity contribution in [1.29, 1.82) is 0 Å². The summed E-state index contributed by atoms with van der Waals surface area (Å²) < 4.78 is 63.6. The van der Waals surface area contributed by atoms with Crippen LogP contribution >= 0.6 is 0 Å². The van der Waals surface area contributed by atoms with E-state index in [2.05, 4.69) is 90.2 Å². The number of ether oxygens (including phenoxy) is 8. The molecule has 392 valence electrons. The van der Waals surface area contributed by atoms with Crippen LogP contribution in [0.3, 0.4) is 0 Å². The van der Waals surface area contributed by atoms with E-state index in [-0.39, 0.29) is 119 Å². The molecule has 8 bridgehead atoms. The van der Waals surface area contributed by atoms with Gasteiger partial charge in [-0.15, -0.1) is 0 Å². The topological polar surface area (TPSA) is 141 Å². The maximum atomic E-state index is 6.90. The van der Waals surface area contributed by atoms with Crippen molar-refractivity contribution in [1.82, 2.24) is 19.9 Å². The Kier molecular flexibility index (Phi) is 16.2. The number of halogens is 4. The Morgan fingerprint density at radius 3 is 0.618 bits per heavy atom. The summed E-state index contributed by atoms with van der Waals surface area (Å²) in [7, 11) is 0. The molecule has 4 aromatic carbocycles. The Labute approximate surface area is 481 Å². The quantitative estimate of drug-likeness (QED) is 0.134. The molecule has 0 radical (unpaired) electrons. The number of nitrogens with zero attached hydrogens (tertiary/aromatic N) is 8. The highest BCUT2D eigenvalue weighted by Gasteiger charge is 2.41. The molecule has 0 N–H and O–H groups in total. The highest BCUT2D eigenvalue weighted by molar-refractivity contribution is 5.69. The molecule has 8 aromatic rings. The van der Waals surface area contributed by atoms with E-state index >= 15 is 0 Å². The van der Waals surface area contributed by atoms with Crippen LogP contribution in [0.4, 0.5) is 0 Å². The molecule has 0 saturated carbocycles. The first-order chi connectivity index (χ1) is 35.4. The lowest BCUT2D eigenvalue weighted by Crippen LogP contribution is -3.00. The molecule has 4 aromatic heterocycles. The lowest BCUT2D eigenvalue weighted by Gasteiger charge is -2.35. The number of benzene rings is 4. The summed E-state index contributed by atoms with van der Waals surface area (Å²) in [5.74, 6) is 4.65. The van der Waals surface area contributed by atoms with E-state index < -0.39 is 0 Å². The van der Waals surface area contributed by atoms with E-state index in [1.54, 1.807) is 49.6 Å². The van der Waals surface area contributed by atoms with Gasteiger partial charge in [0.1, 0.15) is 68.2 Å². The molecule has 0 amide bonds. The van der Waals surface area contributed by atoms with Crippen molar-refractivity contribution < 1.29 is 124 Å². The molecular weight excluding hydrogens is 1230 g/mol. The van der Waals surface area contributed by atoms with Crippen LogP contribution in [0.2, 0.25) is 0 Å². The van der Waals surface area contributed by atoms with Crippen LogP contribution in [0.25, 0.3) is 0 Å². The minimum atomic E-state index is -0.247. The summed E-state index contributed by atoms with van der Waals surface area (Å²) in [6, 6.07) is 9.17. The maximum Gasteiger partial charge on any atom is 0.230 e. The monoisotopic (exact) mass is 1280 g/mol. The van der Waals surface area contributed by atoms with E-state index in [1.165, 1.54) is 0 Å². The first kappa shape index (κ1) is 54.3. The fraction of sp³-hybridized carbons (Fsp3) is 0.286. The molecule has 4 aliphatic heterocycles. The summed E-state index contributed by atoms with van der Waals surface area (Å²) in [5.41, 5.74) is 11.6. The van der Waals surface area contributed by atoms with Crippen molar-refractivity contribution in [2.75, 3.05) is 27.2 Å². The van der Waals surface area contributed by atoms with Crippen LogP contribution < -0.4 is 124 Å². The summed E-state index contributed by atoms with van der Waals surface area (Å²) in [6.07, 6.45) is 29.9. The van der Waals surface area contributed by atoms with Crippen LogP contribution in [-0.2, 0) is 26.2 Å². The van der Waals surface area contributed by atoms with E-state index in [4.69, 9.17) is 37.9 Å². The molecule has 5 aliphatic rings. The average Bonchev–Trinajstić information content (AvgIpc) is 3.39. The van der Waals surface area contributed by atoms with Gasteiger partial charge in [-0.05, 0) is 24.3 Å². The van der Waals surface area contributed by atoms with Gasteiger partial charge in [0.25, 0.3) is 0 Å². The Hall–Kier alpha value is -6.48. The predicted molar refractivity (Wildman–Crippen MR) is 254 cm³/mol. The first-order valence-corrected chi connectivity index (χ1v) is 24.3. The minimum Gasteiger partial charge on any atom is -1.00 e. The third-order valence-electron chi connectivity index (χ3n) is 15.0. The lowest BCUT2D eigenvalue weighted by molar-refractivity contribution is -0.689. The van der Waals surface area contributed by atoms with Gasteiger partial charge in [-0.25, -0.2) is 0 Å². The largest absolute Gasteiger partial charge is 1.00 e. The van der Waals surface area contributed by atoms with E-state index in [1.807, 2.05) is 49.6 Å². The van der Waals surface area contributed by atoms with Gasteiger partial charge in [0.2, 0.25) is 27.2 Å². The Bertz CT molecular complexity index is 2860. The Morgan fingerprint density at radius 1 is 0.303 bits per heavy atom. The predicted octanol–water partition coefficient (Wildman–Crippen LogP) is -5.54. The van der Waals surface area contributed by atoms with Crippen molar-refractivity contribution in [3.05, 3.63) is 190 Å². The van der Waals surface area contributed by atoms with Crippen LogP contribution in [0.1, 0.15) is 118 Å². The fourth-order valence-electron chi connectivity index (χ4n) is 11.3. The first-order valence-electron chi connectivity index (χ1n) is 24.3. The molecule has 0 fully saturated rings. The van der Waals surface area contributed by atoms with Crippen LogP contribution in [0, 0.1) is 0 Å². The number of rotatable bonds is 8. The second kappa shape index (κ2) is 22.6. The zero-order valence-electron chi connectivity index (χ0n) is 41.9. The average molecular weight is 1280 g/mol. The lowest BCUT2D eigenvalue weighted by atomic mass is 9.78. The van der Waals surface area contributed by atoms with E-state index in [0.29, 0.717) is 72.2 Å². The van der Waals surface area contributed by atoms with Gasteiger partial charge in [0.05, 0.1) is 49.6 Å². The third-order valence-corrected chi connectivity index (χ3v) is 15.0. The van der Waals surface area contributed by atoms with Gasteiger partial charge in [-0.3, -0.25) is 19.9 Å². The smallest absolute Gasteiger partial charge is 0.230 e. The standard InChI is InChI=1S/C56H52N8O8.4BrH/c1-33-37-21-39-34(2)41-23-43-36(4)44-24-42-35(3)40-22-38(33)50-46(26-62-15-7-58-8-16-62)52(40)68-31-70-54(42)48(28-64-19-11-60-12-20-64)56(44)72-32-71-55(43)47(27-63-17-9-59-10-18-63)53(41)69-30-67-51(39)45(49(37)65-29-66-50)25-61-13-5-57-6-14-61;;;;/h5-24,33-36H,25-32H2,1-4H3;4*1H/q+4;;;;/p-4. The van der Waals surface area contributed by atoms with Gasteiger partial charge in [0.15, 0.2) is 75.8 Å². The van der Waals surface area contributed by atoms with Gasteiger partial charge >= 0.3 is 0 Å². The number of aromatic nitrogens is 8. The molecule has 20 heteroatoms. The zero-order chi connectivity index (χ0) is 48.5.